The van der Waals surface area contributed by atoms with Crippen molar-refractivity contribution in [1.82, 2.24) is 4.90 Å². The second-order valence-electron chi connectivity index (χ2n) is 6.00. The van der Waals surface area contributed by atoms with Crippen LogP contribution in [0, 0.1) is 0 Å². The number of hydrogen-bond acceptors (Lipinski definition) is 6. The minimum atomic E-state index is -3.57. The molecule has 2 rings (SSSR count). The van der Waals surface area contributed by atoms with Crippen molar-refractivity contribution in [2.45, 2.75) is 11.4 Å². The van der Waals surface area contributed by atoms with E-state index in [4.69, 9.17) is 8.92 Å². The van der Waals surface area contributed by atoms with Crippen molar-refractivity contribution in [1.29, 1.82) is 0 Å². The number of methoxy groups -OCH3 is 1. The van der Waals surface area contributed by atoms with E-state index in [0.29, 0.717) is 25.4 Å². The summed E-state index contributed by atoms with van der Waals surface area (Å²) < 4.78 is 32.3. The highest BCUT2D eigenvalue weighted by atomic mass is 32.2. The van der Waals surface area contributed by atoms with Crippen molar-refractivity contribution in [3.05, 3.63) is 54.1 Å². The van der Waals surface area contributed by atoms with E-state index >= 15 is 0 Å². The quantitative estimate of drug-likeness (QED) is 0.490. The Morgan fingerprint density at radius 2 is 1.75 bits per heavy atom. The predicted octanol–water partition coefficient (Wildman–Crippen LogP) is 3.43. The summed E-state index contributed by atoms with van der Waals surface area (Å²) in [5, 5.41) is 2.88. The van der Waals surface area contributed by atoms with Gasteiger partial charge in [-0.2, -0.15) is 8.42 Å². The minimum Gasteiger partial charge on any atom is -0.383 e. The molecule has 0 aromatic heterocycles. The maximum atomic E-state index is 12.7. The number of nitrogens with one attached hydrogen (secondary N) is 1. The lowest BCUT2D eigenvalue weighted by atomic mass is 10.2. The molecular weight excluding hydrogens is 400 g/mol. The Labute approximate surface area is 170 Å². The predicted molar refractivity (Wildman–Crippen MR) is 111 cm³/mol. The minimum absolute atomic E-state index is 0.230. The van der Waals surface area contributed by atoms with Gasteiger partial charge in [0, 0.05) is 30.8 Å². The van der Waals surface area contributed by atoms with Crippen LogP contribution >= 0.6 is 11.8 Å². The third-order valence-electron chi connectivity index (χ3n) is 3.74. The first kappa shape index (κ1) is 22.1. The van der Waals surface area contributed by atoms with Crippen LogP contribution in [0.15, 0.2) is 53.4 Å². The van der Waals surface area contributed by atoms with Crippen LogP contribution in [0.3, 0.4) is 0 Å². The molecule has 1 N–H and O–H groups in total. The Morgan fingerprint density at radius 3 is 2.29 bits per heavy atom. The van der Waals surface area contributed by atoms with Gasteiger partial charge in [-0.25, -0.2) is 4.79 Å². The van der Waals surface area contributed by atoms with Crippen LogP contribution in [-0.2, 0) is 21.4 Å². The summed E-state index contributed by atoms with van der Waals surface area (Å²) >= 11 is 1.63. The molecular formula is C19H24N2O5S2. The number of urea groups is 1. The van der Waals surface area contributed by atoms with Crippen molar-refractivity contribution in [2.24, 2.45) is 0 Å². The smallest absolute Gasteiger partial charge is 0.322 e. The zero-order valence-corrected chi connectivity index (χ0v) is 17.7. The number of anilines is 1. The number of ether oxygens (including phenoxy) is 1. The average molecular weight is 425 g/mol. The molecule has 2 aromatic rings. The largest absolute Gasteiger partial charge is 0.383 e. The van der Waals surface area contributed by atoms with E-state index in [1.54, 1.807) is 48.0 Å². The number of hydrogen-bond donors (Lipinski definition) is 1. The third-order valence-corrected chi connectivity index (χ3v) is 4.98. The molecule has 0 atom stereocenters. The lowest BCUT2D eigenvalue weighted by Gasteiger charge is -2.23. The fourth-order valence-corrected chi connectivity index (χ4v) is 3.25. The van der Waals surface area contributed by atoms with Crippen LogP contribution in [0.5, 0.6) is 5.75 Å². The first-order chi connectivity index (χ1) is 13.3. The normalized spacial score (nSPS) is 11.1. The lowest BCUT2D eigenvalue weighted by Crippen LogP contribution is -2.36. The van der Waals surface area contributed by atoms with Gasteiger partial charge in [-0.05, 0) is 48.2 Å². The van der Waals surface area contributed by atoms with E-state index in [1.165, 1.54) is 0 Å². The van der Waals surface area contributed by atoms with E-state index in [0.717, 1.165) is 16.7 Å². The molecule has 28 heavy (non-hydrogen) atoms. The number of benzene rings is 2. The van der Waals surface area contributed by atoms with Crippen LogP contribution in [0.1, 0.15) is 5.56 Å². The third kappa shape index (κ3) is 7.41. The first-order valence-corrected chi connectivity index (χ1v) is 11.5. The van der Waals surface area contributed by atoms with Gasteiger partial charge in [-0.1, -0.05) is 12.1 Å². The SMILES string of the molecule is COCCN(Cc1ccc(OS(C)(=O)=O)cc1)C(=O)Nc1ccc(SC)cc1. The summed E-state index contributed by atoms with van der Waals surface area (Å²) in [5.74, 6) is 0.230. The summed E-state index contributed by atoms with van der Waals surface area (Å²) in [6.07, 6.45) is 2.98. The second-order valence-corrected chi connectivity index (χ2v) is 8.46. The number of carbonyl (C=O) groups is 1. The molecule has 0 saturated heterocycles. The summed E-state index contributed by atoms with van der Waals surface area (Å²) in [6, 6.07) is 13.9. The van der Waals surface area contributed by atoms with Crippen LogP contribution in [0.4, 0.5) is 10.5 Å². The van der Waals surface area contributed by atoms with Crippen LogP contribution in [0.2, 0.25) is 0 Å². The van der Waals surface area contributed by atoms with Gasteiger partial charge < -0.3 is 19.1 Å². The molecule has 2 amide bonds. The van der Waals surface area contributed by atoms with E-state index < -0.39 is 10.1 Å². The summed E-state index contributed by atoms with van der Waals surface area (Å²) in [6.45, 7) is 1.15. The summed E-state index contributed by atoms with van der Waals surface area (Å²) in [5.41, 5.74) is 1.55. The number of nitrogens with zero attached hydrogens (tertiary/aromatic N) is 1. The van der Waals surface area contributed by atoms with Gasteiger partial charge in [-0.15, -0.1) is 11.8 Å². The zero-order chi connectivity index (χ0) is 20.6. The molecule has 0 spiro atoms. The molecule has 7 nitrogen and oxygen atoms in total. The molecule has 0 aliphatic rings. The highest BCUT2D eigenvalue weighted by Crippen LogP contribution is 2.19. The Bertz CT molecular complexity index is 868. The Balaban J connectivity index is 2.06. The van der Waals surface area contributed by atoms with Gasteiger partial charge in [0.1, 0.15) is 5.75 Å². The standard InChI is InChI=1S/C19H24N2O5S2/c1-25-13-12-21(19(22)20-16-6-10-18(27-2)11-7-16)14-15-4-8-17(9-5-15)26-28(3,23)24/h4-11H,12-14H2,1-3H3,(H,20,22). The highest BCUT2D eigenvalue weighted by molar-refractivity contribution is 7.98. The molecule has 9 heteroatoms. The molecule has 0 bridgehead atoms. The number of rotatable bonds is 9. The molecule has 2 aromatic carbocycles. The first-order valence-electron chi connectivity index (χ1n) is 8.48. The molecule has 0 aliphatic carbocycles. The molecule has 0 saturated carbocycles. The summed E-state index contributed by atoms with van der Waals surface area (Å²) in [7, 11) is -1.99. The zero-order valence-electron chi connectivity index (χ0n) is 16.0. The maximum Gasteiger partial charge on any atom is 0.322 e. The molecule has 0 radical (unpaired) electrons. The Kier molecular flexibility index (Phi) is 8.16. The average Bonchev–Trinajstić information content (AvgIpc) is 2.65. The maximum absolute atomic E-state index is 12.7. The number of amides is 2. The van der Waals surface area contributed by atoms with Gasteiger partial charge in [0.2, 0.25) is 0 Å². The van der Waals surface area contributed by atoms with Crippen molar-refractivity contribution in [3.63, 3.8) is 0 Å². The van der Waals surface area contributed by atoms with Gasteiger partial charge in [0.05, 0.1) is 12.9 Å². The van der Waals surface area contributed by atoms with E-state index in [-0.39, 0.29) is 11.8 Å². The van der Waals surface area contributed by atoms with Crippen molar-refractivity contribution in [3.8, 4) is 5.75 Å². The summed E-state index contributed by atoms with van der Waals surface area (Å²) in [4.78, 5) is 15.4. The van der Waals surface area contributed by atoms with Crippen LogP contribution in [0.25, 0.3) is 0 Å². The number of thioether (sulfide) groups is 1. The fraction of sp³-hybridized carbons (Fsp3) is 0.316. The second kappa shape index (κ2) is 10.4. The highest BCUT2D eigenvalue weighted by Gasteiger charge is 2.14. The van der Waals surface area contributed by atoms with Crippen molar-refractivity contribution < 1.29 is 22.1 Å². The Hall–Kier alpha value is -2.23. The lowest BCUT2D eigenvalue weighted by molar-refractivity contribution is 0.153. The van der Waals surface area contributed by atoms with E-state index in [9.17, 15) is 13.2 Å². The van der Waals surface area contributed by atoms with Gasteiger partial charge >= 0.3 is 16.1 Å². The molecule has 0 fully saturated rings. The van der Waals surface area contributed by atoms with Crippen LogP contribution in [-0.4, -0.2) is 52.1 Å². The van der Waals surface area contributed by atoms with Gasteiger partial charge in [0.15, 0.2) is 0 Å². The molecule has 0 heterocycles. The monoisotopic (exact) mass is 424 g/mol. The molecule has 152 valence electrons. The van der Waals surface area contributed by atoms with E-state index in [2.05, 4.69) is 5.32 Å². The fourth-order valence-electron chi connectivity index (χ4n) is 2.38. The van der Waals surface area contributed by atoms with Gasteiger partial charge in [0.25, 0.3) is 0 Å². The number of carbonyl (C=O) groups excluding carboxylic acids is 1. The van der Waals surface area contributed by atoms with Crippen LogP contribution < -0.4 is 9.50 Å². The van der Waals surface area contributed by atoms with E-state index in [1.807, 2.05) is 30.5 Å². The molecule has 0 aliphatic heterocycles. The van der Waals surface area contributed by atoms with Crippen molar-refractivity contribution >= 4 is 33.6 Å². The van der Waals surface area contributed by atoms with Crippen molar-refractivity contribution in [2.75, 3.05) is 38.1 Å². The van der Waals surface area contributed by atoms with Gasteiger partial charge in [-0.3, -0.25) is 0 Å². The topological polar surface area (TPSA) is 84.9 Å². The Morgan fingerprint density at radius 1 is 1.11 bits per heavy atom. The molecule has 0 unspecified atom stereocenters.